The Morgan fingerprint density at radius 3 is 2.45 bits per heavy atom. The molecule has 1 heterocycles. The maximum Gasteiger partial charge on any atom is 0.244 e. The monoisotopic (exact) mass is 320 g/mol. The van der Waals surface area contributed by atoms with Crippen molar-refractivity contribution in [3.8, 4) is 11.5 Å². The zero-order valence-electron chi connectivity index (χ0n) is 11.3. The van der Waals surface area contributed by atoms with E-state index in [1.165, 1.54) is 23.5 Å². The zero-order valence-corrected chi connectivity index (χ0v) is 12.9. The van der Waals surface area contributed by atoms with Crippen molar-refractivity contribution >= 4 is 21.6 Å². The number of likely N-dealkylation sites (N-methyl/N-ethyl adjacent to an activating group) is 1. The van der Waals surface area contributed by atoms with Crippen molar-refractivity contribution in [1.82, 2.24) is 4.31 Å². The molecule has 0 fully saturated rings. The van der Waals surface area contributed by atoms with Crippen LogP contribution in [0.15, 0.2) is 17.0 Å². The van der Waals surface area contributed by atoms with E-state index < -0.39 is 10.0 Å². The summed E-state index contributed by atoms with van der Waals surface area (Å²) >= 11 is 6.07. The van der Waals surface area contributed by atoms with Gasteiger partial charge in [-0.05, 0) is 6.92 Å². The minimum atomic E-state index is -3.73. The number of sulfonamides is 1. The summed E-state index contributed by atoms with van der Waals surface area (Å²) in [5.74, 6) is 0.836. The minimum absolute atomic E-state index is 0.00813. The summed E-state index contributed by atoms with van der Waals surface area (Å²) in [6.07, 6.45) is 0. The van der Waals surface area contributed by atoms with Crippen molar-refractivity contribution in [1.29, 1.82) is 0 Å². The quantitative estimate of drug-likeness (QED) is 0.897. The molecule has 0 saturated heterocycles. The van der Waals surface area contributed by atoms with Gasteiger partial charge in [0.15, 0.2) is 11.5 Å². The van der Waals surface area contributed by atoms with E-state index in [0.29, 0.717) is 24.7 Å². The Balaban J connectivity index is 2.46. The molecule has 0 aromatic heterocycles. The van der Waals surface area contributed by atoms with Crippen molar-refractivity contribution in [3.63, 3.8) is 0 Å². The highest BCUT2D eigenvalue weighted by Gasteiger charge is 2.29. The summed E-state index contributed by atoms with van der Waals surface area (Å²) in [4.78, 5) is -0.00813. The second-order valence-electron chi connectivity index (χ2n) is 4.53. The van der Waals surface area contributed by atoms with Crippen LogP contribution in [0.5, 0.6) is 11.5 Å². The SMILES string of the molecule is CC(CN)N(C)S(=O)(=O)c1cc2c(cc1Cl)OCCO2. The molecule has 0 aliphatic carbocycles. The van der Waals surface area contributed by atoms with E-state index in [9.17, 15) is 8.42 Å². The van der Waals surface area contributed by atoms with E-state index >= 15 is 0 Å². The summed E-state index contributed by atoms with van der Waals surface area (Å²) in [6, 6.07) is 2.53. The summed E-state index contributed by atoms with van der Waals surface area (Å²) in [6.45, 7) is 2.74. The van der Waals surface area contributed by atoms with Crippen LogP contribution in [-0.4, -0.2) is 45.6 Å². The first-order chi connectivity index (χ1) is 9.37. The number of nitrogens with two attached hydrogens (primary N) is 1. The van der Waals surface area contributed by atoms with E-state index in [1.807, 2.05) is 0 Å². The van der Waals surface area contributed by atoms with Crippen LogP contribution >= 0.6 is 11.6 Å². The van der Waals surface area contributed by atoms with Gasteiger partial charge in [0.25, 0.3) is 0 Å². The molecule has 2 N–H and O–H groups in total. The lowest BCUT2D eigenvalue weighted by Gasteiger charge is -2.25. The lowest BCUT2D eigenvalue weighted by Crippen LogP contribution is -2.39. The van der Waals surface area contributed by atoms with Crippen molar-refractivity contribution < 1.29 is 17.9 Å². The summed E-state index contributed by atoms with van der Waals surface area (Å²) in [5.41, 5.74) is 5.51. The van der Waals surface area contributed by atoms with Crippen LogP contribution in [0.1, 0.15) is 6.92 Å². The number of fused-ring (bicyclic) bond motifs is 1. The van der Waals surface area contributed by atoms with Crippen molar-refractivity contribution in [2.24, 2.45) is 5.73 Å². The van der Waals surface area contributed by atoms with Crippen LogP contribution in [0, 0.1) is 0 Å². The molecular weight excluding hydrogens is 304 g/mol. The molecule has 0 bridgehead atoms. The van der Waals surface area contributed by atoms with Gasteiger partial charge in [-0.15, -0.1) is 0 Å². The molecule has 1 atom stereocenters. The fraction of sp³-hybridized carbons (Fsp3) is 0.500. The third-order valence-electron chi connectivity index (χ3n) is 3.22. The van der Waals surface area contributed by atoms with Gasteiger partial charge in [0.2, 0.25) is 10.0 Å². The van der Waals surface area contributed by atoms with E-state index in [-0.39, 0.29) is 22.5 Å². The Labute approximate surface area is 123 Å². The number of halogens is 1. The van der Waals surface area contributed by atoms with Gasteiger partial charge in [-0.1, -0.05) is 11.6 Å². The van der Waals surface area contributed by atoms with Crippen LogP contribution in [0.4, 0.5) is 0 Å². The second-order valence-corrected chi connectivity index (χ2v) is 6.91. The molecule has 6 nitrogen and oxygen atoms in total. The molecule has 2 rings (SSSR count). The first kappa shape index (κ1) is 15.4. The van der Waals surface area contributed by atoms with Gasteiger partial charge >= 0.3 is 0 Å². The summed E-state index contributed by atoms with van der Waals surface area (Å²) in [5, 5.41) is 0.102. The van der Waals surface area contributed by atoms with Crippen LogP contribution in [0.2, 0.25) is 5.02 Å². The van der Waals surface area contributed by atoms with E-state index in [1.54, 1.807) is 6.92 Å². The lowest BCUT2D eigenvalue weighted by atomic mass is 10.3. The molecular formula is C12H17ClN2O4S. The molecule has 112 valence electrons. The number of nitrogens with zero attached hydrogens (tertiary/aromatic N) is 1. The largest absolute Gasteiger partial charge is 0.486 e. The third-order valence-corrected chi connectivity index (χ3v) is 5.65. The highest BCUT2D eigenvalue weighted by Crippen LogP contribution is 2.38. The van der Waals surface area contributed by atoms with Gasteiger partial charge < -0.3 is 15.2 Å². The second kappa shape index (κ2) is 5.77. The Morgan fingerprint density at radius 2 is 1.90 bits per heavy atom. The Kier molecular flexibility index (Phi) is 4.43. The predicted octanol–water partition coefficient (Wildman–Crippen LogP) is 1.08. The molecule has 0 saturated carbocycles. The van der Waals surface area contributed by atoms with Crippen LogP contribution in [0.3, 0.4) is 0 Å². The molecule has 0 amide bonds. The van der Waals surface area contributed by atoms with E-state index in [4.69, 9.17) is 26.8 Å². The lowest BCUT2D eigenvalue weighted by molar-refractivity contribution is 0.171. The highest BCUT2D eigenvalue weighted by atomic mass is 35.5. The minimum Gasteiger partial charge on any atom is -0.486 e. The normalized spacial score (nSPS) is 16.2. The number of benzene rings is 1. The number of hydrogen-bond donors (Lipinski definition) is 1. The average Bonchev–Trinajstić information content (AvgIpc) is 2.44. The molecule has 8 heteroatoms. The first-order valence-electron chi connectivity index (χ1n) is 6.15. The van der Waals surface area contributed by atoms with Gasteiger partial charge in [-0.3, -0.25) is 0 Å². The standard InChI is InChI=1S/C12H17ClN2O4S/c1-8(7-14)15(2)20(16,17)12-6-11-10(5-9(12)13)18-3-4-19-11/h5-6,8H,3-4,7,14H2,1-2H3. The fourth-order valence-corrected chi connectivity index (χ4v) is 3.66. The van der Waals surface area contributed by atoms with Gasteiger partial charge in [-0.25, -0.2) is 8.42 Å². The topological polar surface area (TPSA) is 81.9 Å². The maximum absolute atomic E-state index is 12.5. The van der Waals surface area contributed by atoms with E-state index in [2.05, 4.69) is 0 Å². The highest BCUT2D eigenvalue weighted by molar-refractivity contribution is 7.89. The molecule has 1 aliphatic rings. The van der Waals surface area contributed by atoms with Crippen LogP contribution in [0.25, 0.3) is 0 Å². The fourth-order valence-electron chi connectivity index (χ4n) is 1.78. The van der Waals surface area contributed by atoms with Gasteiger partial charge in [0, 0.05) is 31.8 Å². The van der Waals surface area contributed by atoms with Gasteiger partial charge in [-0.2, -0.15) is 4.31 Å². The Morgan fingerprint density at radius 1 is 1.35 bits per heavy atom. The molecule has 0 spiro atoms. The summed E-state index contributed by atoms with van der Waals surface area (Å²) in [7, 11) is -2.26. The summed E-state index contributed by atoms with van der Waals surface area (Å²) < 4.78 is 37.0. The smallest absolute Gasteiger partial charge is 0.244 e. The van der Waals surface area contributed by atoms with Crippen molar-refractivity contribution in [2.75, 3.05) is 26.8 Å². The van der Waals surface area contributed by atoms with Crippen LogP contribution < -0.4 is 15.2 Å². The molecule has 1 aromatic rings. The molecule has 1 aromatic carbocycles. The van der Waals surface area contributed by atoms with Crippen molar-refractivity contribution in [3.05, 3.63) is 17.2 Å². The molecule has 20 heavy (non-hydrogen) atoms. The zero-order chi connectivity index (χ0) is 14.9. The van der Waals surface area contributed by atoms with Gasteiger partial charge in [0.05, 0.1) is 5.02 Å². The van der Waals surface area contributed by atoms with Crippen LogP contribution in [-0.2, 0) is 10.0 Å². The van der Waals surface area contributed by atoms with E-state index in [0.717, 1.165) is 0 Å². The van der Waals surface area contributed by atoms with Crippen molar-refractivity contribution in [2.45, 2.75) is 17.9 Å². The number of rotatable bonds is 4. The molecule has 1 aliphatic heterocycles. The number of ether oxygens (including phenoxy) is 2. The Hall–Kier alpha value is -1.02. The third kappa shape index (κ3) is 2.71. The maximum atomic E-state index is 12.5. The Bertz CT molecular complexity index is 606. The molecule has 1 unspecified atom stereocenters. The molecule has 0 radical (unpaired) electrons. The number of hydrogen-bond acceptors (Lipinski definition) is 5. The first-order valence-corrected chi connectivity index (χ1v) is 7.97. The predicted molar refractivity (Wildman–Crippen MR) is 75.9 cm³/mol. The van der Waals surface area contributed by atoms with Gasteiger partial charge in [0.1, 0.15) is 18.1 Å². The average molecular weight is 321 g/mol.